The summed E-state index contributed by atoms with van der Waals surface area (Å²) in [7, 11) is 3.49. The first-order valence-corrected chi connectivity index (χ1v) is 12.2. The fraction of sp³-hybridized carbons (Fsp3) is 0.167. The molecule has 3 heterocycles. The molecule has 0 bridgehead atoms. The molecule has 1 unspecified atom stereocenters. The van der Waals surface area contributed by atoms with Gasteiger partial charge in [-0.25, -0.2) is 4.98 Å². The van der Waals surface area contributed by atoms with Gasteiger partial charge in [0.1, 0.15) is 35.4 Å². The van der Waals surface area contributed by atoms with Crippen LogP contribution < -0.4 is 18.9 Å². The van der Waals surface area contributed by atoms with Crippen molar-refractivity contribution in [3.05, 3.63) is 107 Å². The van der Waals surface area contributed by atoms with E-state index in [0.29, 0.717) is 40.7 Å². The van der Waals surface area contributed by atoms with Gasteiger partial charge in [0.15, 0.2) is 5.76 Å². The minimum Gasteiger partial charge on any atom is -0.496 e. The van der Waals surface area contributed by atoms with Crippen LogP contribution in [0.15, 0.2) is 78.8 Å². The van der Waals surface area contributed by atoms with Crippen molar-refractivity contribution < 1.29 is 28.5 Å². The second-order valence-electron chi connectivity index (χ2n) is 9.08. The van der Waals surface area contributed by atoms with Crippen LogP contribution in [0.4, 0.5) is 0 Å². The quantitative estimate of drug-likeness (QED) is 0.204. The smallest absolute Gasteiger partial charge is 0.312 e. The number of aromatic nitrogens is 2. The number of Topliss-reactive ketones (excluding diaryl/α,β-unsaturated/α-hetero) is 1. The van der Waals surface area contributed by atoms with Gasteiger partial charge in [0.25, 0.3) is 0 Å². The SMILES string of the molecule is COc1ccccc1/C=C1\Oc2c(ccc3c2C(c2ccc(OCc4nccn4C)cc2)CC(=O)O3)C1=O. The third kappa shape index (κ3) is 4.20. The average Bonchev–Trinajstić information content (AvgIpc) is 3.49. The molecular formula is C30H24N2O6. The van der Waals surface area contributed by atoms with Gasteiger partial charge in [-0.3, -0.25) is 9.59 Å². The first kappa shape index (κ1) is 23.5. The largest absolute Gasteiger partial charge is 0.496 e. The van der Waals surface area contributed by atoms with Crippen LogP contribution in [0.5, 0.6) is 23.0 Å². The summed E-state index contributed by atoms with van der Waals surface area (Å²) in [6, 6.07) is 18.3. The summed E-state index contributed by atoms with van der Waals surface area (Å²) in [5, 5.41) is 0. The summed E-state index contributed by atoms with van der Waals surface area (Å²) in [4.78, 5) is 30.0. The van der Waals surface area contributed by atoms with Gasteiger partial charge < -0.3 is 23.5 Å². The van der Waals surface area contributed by atoms with Gasteiger partial charge in [-0.1, -0.05) is 30.3 Å². The van der Waals surface area contributed by atoms with E-state index in [0.717, 1.165) is 17.0 Å². The fourth-order valence-electron chi connectivity index (χ4n) is 4.80. The predicted octanol–water partition coefficient (Wildman–Crippen LogP) is 5.06. The minimum atomic E-state index is -0.344. The van der Waals surface area contributed by atoms with Crippen LogP contribution in [0, 0.1) is 0 Å². The molecule has 0 N–H and O–H groups in total. The molecule has 0 saturated heterocycles. The summed E-state index contributed by atoms with van der Waals surface area (Å²) < 4.78 is 24.9. The van der Waals surface area contributed by atoms with E-state index in [1.807, 2.05) is 66.3 Å². The van der Waals surface area contributed by atoms with E-state index in [1.54, 1.807) is 31.5 Å². The summed E-state index contributed by atoms with van der Waals surface area (Å²) in [6.45, 7) is 0.339. The number of methoxy groups -OCH3 is 1. The number of hydrogen-bond donors (Lipinski definition) is 0. The number of ether oxygens (including phenoxy) is 4. The number of aryl methyl sites for hydroxylation is 1. The van der Waals surface area contributed by atoms with E-state index < -0.39 is 0 Å². The average molecular weight is 509 g/mol. The number of imidazole rings is 1. The highest BCUT2D eigenvalue weighted by Gasteiger charge is 2.38. The summed E-state index contributed by atoms with van der Waals surface area (Å²) in [5.41, 5.74) is 2.73. The van der Waals surface area contributed by atoms with Gasteiger partial charge in [-0.05, 0) is 42.0 Å². The standard InChI is InChI=1S/C30H24N2O6/c1-32-14-13-31-26(32)17-36-20-9-7-18(8-10-20)22-16-27(33)37-24-12-11-21-29(34)25(38-30(21)28(22)24)15-19-5-3-4-6-23(19)35-2/h3-15,22H,16-17H2,1-2H3/b25-15-. The molecule has 0 aliphatic carbocycles. The molecule has 3 aromatic carbocycles. The van der Waals surface area contributed by atoms with Gasteiger partial charge >= 0.3 is 5.97 Å². The second kappa shape index (κ2) is 9.55. The Kier molecular flexibility index (Phi) is 5.92. The van der Waals surface area contributed by atoms with Crippen molar-refractivity contribution in [1.82, 2.24) is 9.55 Å². The molecule has 0 amide bonds. The number of ketones is 1. The Balaban J connectivity index is 1.32. The van der Waals surface area contributed by atoms with Crippen molar-refractivity contribution in [2.24, 2.45) is 7.05 Å². The monoisotopic (exact) mass is 508 g/mol. The number of benzene rings is 3. The van der Waals surface area contributed by atoms with E-state index in [9.17, 15) is 9.59 Å². The van der Waals surface area contributed by atoms with E-state index >= 15 is 0 Å². The number of esters is 1. The summed E-state index contributed by atoms with van der Waals surface area (Å²) >= 11 is 0. The zero-order chi connectivity index (χ0) is 26.2. The maximum atomic E-state index is 13.3. The van der Waals surface area contributed by atoms with Gasteiger partial charge in [-0.2, -0.15) is 0 Å². The lowest BCUT2D eigenvalue weighted by Gasteiger charge is -2.26. The van der Waals surface area contributed by atoms with E-state index in [2.05, 4.69) is 4.98 Å². The highest BCUT2D eigenvalue weighted by Crippen LogP contribution is 2.49. The van der Waals surface area contributed by atoms with Gasteiger partial charge in [0.05, 0.1) is 19.1 Å². The number of hydrogen-bond acceptors (Lipinski definition) is 7. The normalized spacial score (nSPS) is 17.0. The summed E-state index contributed by atoms with van der Waals surface area (Å²) in [6.07, 6.45) is 5.39. The van der Waals surface area contributed by atoms with E-state index in [-0.39, 0.29) is 29.9 Å². The Labute approximate surface area is 219 Å². The van der Waals surface area contributed by atoms with Crippen LogP contribution >= 0.6 is 0 Å². The number of carbonyl (C=O) groups is 2. The highest BCUT2D eigenvalue weighted by molar-refractivity contribution is 6.15. The number of rotatable bonds is 6. The zero-order valence-electron chi connectivity index (χ0n) is 20.8. The molecule has 38 heavy (non-hydrogen) atoms. The molecule has 6 rings (SSSR count). The van der Waals surface area contributed by atoms with Crippen LogP contribution in [0.2, 0.25) is 0 Å². The molecule has 2 aliphatic rings. The minimum absolute atomic E-state index is 0.125. The highest BCUT2D eigenvalue weighted by atomic mass is 16.5. The molecule has 190 valence electrons. The van der Waals surface area contributed by atoms with Crippen molar-refractivity contribution in [2.45, 2.75) is 18.9 Å². The number of allylic oxidation sites excluding steroid dienone is 1. The van der Waals surface area contributed by atoms with Gasteiger partial charge in [-0.15, -0.1) is 0 Å². The summed E-state index contributed by atoms with van der Waals surface area (Å²) in [5.74, 6) is 2.21. The Morgan fingerprint density at radius 3 is 2.63 bits per heavy atom. The Morgan fingerprint density at radius 2 is 1.87 bits per heavy atom. The van der Waals surface area contributed by atoms with Crippen LogP contribution in [-0.4, -0.2) is 28.4 Å². The molecule has 1 aromatic heterocycles. The number of fused-ring (bicyclic) bond motifs is 3. The molecule has 0 fully saturated rings. The van der Waals surface area contributed by atoms with Crippen molar-refractivity contribution >= 4 is 17.8 Å². The first-order valence-electron chi connectivity index (χ1n) is 12.2. The zero-order valence-corrected chi connectivity index (χ0v) is 20.8. The molecule has 8 nitrogen and oxygen atoms in total. The first-order chi connectivity index (χ1) is 18.5. The van der Waals surface area contributed by atoms with Crippen molar-refractivity contribution in [3.63, 3.8) is 0 Å². The van der Waals surface area contributed by atoms with Crippen LogP contribution in [-0.2, 0) is 18.4 Å². The van der Waals surface area contributed by atoms with Crippen LogP contribution in [0.3, 0.4) is 0 Å². The van der Waals surface area contributed by atoms with Crippen LogP contribution in [0.1, 0.15) is 45.2 Å². The van der Waals surface area contributed by atoms with E-state index in [4.69, 9.17) is 18.9 Å². The van der Waals surface area contributed by atoms with Gasteiger partial charge in [0, 0.05) is 36.5 Å². The lowest BCUT2D eigenvalue weighted by atomic mass is 9.84. The molecule has 8 heteroatoms. The molecule has 0 radical (unpaired) electrons. The third-order valence-corrected chi connectivity index (χ3v) is 6.78. The van der Waals surface area contributed by atoms with E-state index in [1.165, 1.54) is 0 Å². The van der Waals surface area contributed by atoms with Crippen LogP contribution in [0.25, 0.3) is 6.08 Å². The maximum absolute atomic E-state index is 13.3. The molecule has 1 atom stereocenters. The number of nitrogens with zero attached hydrogens (tertiary/aromatic N) is 2. The van der Waals surface area contributed by atoms with Gasteiger partial charge in [0.2, 0.25) is 5.78 Å². The lowest BCUT2D eigenvalue weighted by molar-refractivity contribution is -0.135. The molecular weight excluding hydrogens is 484 g/mol. The maximum Gasteiger partial charge on any atom is 0.312 e. The Hall–Kier alpha value is -4.85. The molecule has 2 aliphatic heterocycles. The fourth-order valence-corrected chi connectivity index (χ4v) is 4.80. The predicted molar refractivity (Wildman–Crippen MR) is 138 cm³/mol. The van der Waals surface area contributed by atoms with Crippen molar-refractivity contribution in [2.75, 3.05) is 7.11 Å². The molecule has 0 spiro atoms. The van der Waals surface area contributed by atoms with Crippen molar-refractivity contribution in [1.29, 1.82) is 0 Å². The van der Waals surface area contributed by atoms with Crippen molar-refractivity contribution in [3.8, 4) is 23.0 Å². The third-order valence-electron chi connectivity index (χ3n) is 6.78. The number of carbonyl (C=O) groups excluding carboxylic acids is 2. The lowest BCUT2D eigenvalue weighted by Crippen LogP contribution is -2.21. The molecule has 0 saturated carbocycles. The molecule has 4 aromatic rings. The Morgan fingerprint density at radius 1 is 1.05 bits per heavy atom. The number of para-hydroxylation sites is 1. The Bertz CT molecular complexity index is 1580. The topological polar surface area (TPSA) is 88.9 Å². The second-order valence-corrected chi connectivity index (χ2v) is 9.08.